The van der Waals surface area contributed by atoms with Crippen LogP contribution in [0.1, 0.15) is 31.4 Å². The topological polar surface area (TPSA) is 62.7 Å². The van der Waals surface area contributed by atoms with Crippen LogP contribution < -0.4 is 10.6 Å². The lowest BCUT2D eigenvalue weighted by atomic mass is 10.1. The highest BCUT2D eigenvalue weighted by atomic mass is 15.3. The van der Waals surface area contributed by atoms with E-state index in [0.717, 1.165) is 18.8 Å². The first kappa shape index (κ1) is 14.2. The van der Waals surface area contributed by atoms with Gasteiger partial charge in [0.25, 0.3) is 0 Å². The molecule has 20 heavy (non-hydrogen) atoms. The van der Waals surface area contributed by atoms with Gasteiger partial charge in [0.1, 0.15) is 0 Å². The molecule has 2 rings (SSSR count). The molecule has 5 heteroatoms. The second-order valence-electron chi connectivity index (χ2n) is 4.96. The van der Waals surface area contributed by atoms with Crippen molar-refractivity contribution in [2.45, 2.75) is 39.8 Å². The maximum atomic E-state index is 4.40. The minimum atomic E-state index is 0.337. The van der Waals surface area contributed by atoms with E-state index in [4.69, 9.17) is 0 Å². The Labute approximate surface area is 119 Å². The Hall–Kier alpha value is -2.17. The lowest BCUT2D eigenvalue weighted by Gasteiger charge is -2.11. The fraction of sp³-hybridized carbons (Fsp3) is 0.400. The number of nitrogens with one attached hydrogen (secondary N) is 2. The number of aromatic nitrogens is 3. The highest BCUT2D eigenvalue weighted by molar-refractivity contribution is 5.38. The molecule has 106 valence electrons. The molecule has 1 aromatic heterocycles. The molecule has 1 aromatic carbocycles. The van der Waals surface area contributed by atoms with Gasteiger partial charge in [-0.25, -0.2) is 0 Å². The van der Waals surface area contributed by atoms with Gasteiger partial charge >= 0.3 is 0 Å². The molecule has 0 bridgehead atoms. The van der Waals surface area contributed by atoms with Gasteiger partial charge < -0.3 is 10.6 Å². The maximum Gasteiger partial charge on any atom is 0.244 e. The SMILES string of the molecule is CCC(C)Nc1nncc(NCc2cccc(C)c2)n1. The zero-order valence-corrected chi connectivity index (χ0v) is 12.2. The molecule has 1 unspecified atom stereocenters. The normalized spacial score (nSPS) is 11.9. The third-order valence-electron chi connectivity index (χ3n) is 3.10. The fourth-order valence-electron chi connectivity index (χ4n) is 1.79. The van der Waals surface area contributed by atoms with Gasteiger partial charge in [0.05, 0.1) is 6.20 Å². The number of nitrogens with zero attached hydrogens (tertiary/aromatic N) is 3. The smallest absolute Gasteiger partial charge is 0.244 e. The Morgan fingerprint density at radius 3 is 2.90 bits per heavy atom. The van der Waals surface area contributed by atoms with Crippen LogP contribution in [-0.4, -0.2) is 21.2 Å². The summed E-state index contributed by atoms with van der Waals surface area (Å²) < 4.78 is 0. The summed E-state index contributed by atoms with van der Waals surface area (Å²) >= 11 is 0. The van der Waals surface area contributed by atoms with E-state index in [-0.39, 0.29) is 0 Å². The van der Waals surface area contributed by atoms with Gasteiger partial charge in [0, 0.05) is 12.6 Å². The quantitative estimate of drug-likeness (QED) is 0.845. The van der Waals surface area contributed by atoms with Crippen LogP contribution in [0.15, 0.2) is 30.5 Å². The molecular formula is C15H21N5. The fourth-order valence-corrected chi connectivity index (χ4v) is 1.79. The monoisotopic (exact) mass is 271 g/mol. The van der Waals surface area contributed by atoms with E-state index in [2.05, 4.69) is 70.9 Å². The number of anilines is 2. The Morgan fingerprint density at radius 2 is 2.15 bits per heavy atom. The van der Waals surface area contributed by atoms with Crippen LogP contribution >= 0.6 is 0 Å². The molecule has 0 aliphatic carbocycles. The predicted molar refractivity (Wildman–Crippen MR) is 81.7 cm³/mol. The molecule has 1 heterocycles. The van der Waals surface area contributed by atoms with Crippen molar-refractivity contribution in [2.75, 3.05) is 10.6 Å². The maximum absolute atomic E-state index is 4.40. The van der Waals surface area contributed by atoms with Crippen molar-refractivity contribution in [3.05, 3.63) is 41.6 Å². The van der Waals surface area contributed by atoms with E-state index in [1.165, 1.54) is 11.1 Å². The molecule has 0 amide bonds. The molecule has 0 fully saturated rings. The highest BCUT2D eigenvalue weighted by Crippen LogP contribution is 2.09. The first-order valence-electron chi connectivity index (χ1n) is 6.93. The first-order chi connectivity index (χ1) is 9.67. The summed E-state index contributed by atoms with van der Waals surface area (Å²) in [4.78, 5) is 4.40. The summed E-state index contributed by atoms with van der Waals surface area (Å²) in [7, 11) is 0. The summed E-state index contributed by atoms with van der Waals surface area (Å²) in [6, 6.07) is 8.72. The van der Waals surface area contributed by atoms with Gasteiger partial charge in [-0.1, -0.05) is 36.8 Å². The lowest BCUT2D eigenvalue weighted by Crippen LogP contribution is -2.16. The first-order valence-corrected chi connectivity index (χ1v) is 6.93. The zero-order valence-electron chi connectivity index (χ0n) is 12.2. The molecule has 0 saturated carbocycles. The minimum Gasteiger partial charge on any atom is -0.365 e. The average Bonchev–Trinajstić information content (AvgIpc) is 2.45. The van der Waals surface area contributed by atoms with E-state index in [0.29, 0.717) is 12.0 Å². The van der Waals surface area contributed by atoms with Gasteiger partial charge in [0.15, 0.2) is 5.82 Å². The molecule has 2 N–H and O–H groups in total. The van der Waals surface area contributed by atoms with Crippen molar-refractivity contribution in [2.24, 2.45) is 0 Å². The largest absolute Gasteiger partial charge is 0.365 e. The molecule has 5 nitrogen and oxygen atoms in total. The lowest BCUT2D eigenvalue weighted by molar-refractivity contribution is 0.746. The second-order valence-corrected chi connectivity index (χ2v) is 4.96. The third-order valence-corrected chi connectivity index (χ3v) is 3.10. The highest BCUT2D eigenvalue weighted by Gasteiger charge is 2.03. The number of aryl methyl sites for hydroxylation is 1. The van der Waals surface area contributed by atoms with Gasteiger partial charge in [0.2, 0.25) is 5.95 Å². The van der Waals surface area contributed by atoms with E-state index in [1.54, 1.807) is 6.20 Å². The van der Waals surface area contributed by atoms with Crippen molar-refractivity contribution in [3.63, 3.8) is 0 Å². The predicted octanol–water partition coefficient (Wildman–Crippen LogP) is 3.00. The number of benzene rings is 1. The van der Waals surface area contributed by atoms with Gasteiger partial charge in [-0.3, -0.25) is 0 Å². The van der Waals surface area contributed by atoms with Crippen molar-refractivity contribution >= 4 is 11.8 Å². The van der Waals surface area contributed by atoms with E-state index in [9.17, 15) is 0 Å². The molecule has 0 aliphatic rings. The summed E-state index contributed by atoms with van der Waals surface area (Å²) in [6.45, 7) is 7.02. The molecule has 0 saturated heterocycles. The van der Waals surface area contributed by atoms with Crippen LogP contribution in [0, 0.1) is 6.92 Å². The van der Waals surface area contributed by atoms with Crippen LogP contribution in [-0.2, 0) is 6.54 Å². The van der Waals surface area contributed by atoms with Crippen molar-refractivity contribution in [3.8, 4) is 0 Å². The number of rotatable bonds is 6. The molecule has 0 radical (unpaired) electrons. The van der Waals surface area contributed by atoms with Gasteiger partial charge in [-0.2, -0.15) is 10.1 Å². The summed E-state index contributed by atoms with van der Waals surface area (Å²) in [6.07, 6.45) is 2.65. The van der Waals surface area contributed by atoms with Crippen LogP contribution in [0.2, 0.25) is 0 Å². The molecule has 0 aliphatic heterocycles. The van der Waals surface area contributed by atoms with Gasteiger partial charge in [-0.15, -0.1) is 5.10 Å². The van der Waals surface area contributed by atoms with Crippen molar-refractivity contribution < 1.29 is 0 Å². The summed E-state index contributed by atoms with van der Waals surface area (Å²) in [5.74, 6) is 1.29. The summed E-state index contributed by atoms with van der Waals surface area (Å²) in [5, 5.41) is 14.4. The van der Waals surface area contributed by atoms with Crippen LogP contribution in [0.25, 0.3) is 0 Å². The third kappa shape index (κ3) is 4.19. The van der Waals surface area contributed by atoms with E-state index >= 15 is 0 Å². The number of hydrogen-bond donors (Lipinski definition) is 2. The standard InChI is InChI=1S/C15H21N5/c1-4-12(3)18-15-19-14(10-17-20-15)16-9-13-7-5-6-11(2)8-13/h5-8,10,12H,4,9H2,1-3H3,(H2,16,18,19,20). The Kier molecular flexibility index (Phi) is 4.87. The van der Waals surface area contributed by atoms with Crippen LogP contribution in [0.5, 0.6) is 0 Å². The molecule has 0 spiro atoms. The summed E-state index contributed by atoms with van der Waals surface area (Å²) in [5.41, 5.74) is 2.48. The molecule has 2 aromatic rings. The van der Waals surface area contributed by atoms with Gasteiger partial charge in [-0.05, 0) is 25.8 Å². The Morgan fingerprint density at radius 1 is 1.30 bits per heavy atom. The Balaban J connectivity index is 1.97. The minimum absolute atomic E-state index is 0.337. The van der Waals surface area contributed by atoms with Crippen LogP contribution in [0.4, 0.5) is 11.8 Å². The molecular weight excluding hydrogens is 250 g/mol. The number of hydrogen-bond acceptors (Lipinski definition) is 5. The van der Waals surface area contributed by atoms with Crippen molar-refractivity contribution in [1.29, 1.82) is 0 Å². The average molecular weight is 271 g/mol. The molecule has 1 atom stereocenters. The second kappa shape index (κ2) is 6.84. The van der Waals surface area contributed by atoms with E-state index in [1.807, 2.05) is 0 Å². The Bertz CT molecular complexity index is 555. The zero-order chi connectivity index (χ0) is 14.4. The van der Waals surface area contributed by atoms with Crippen molar-refractivity contribution in [1.82, 2.24) is 15.2 Å². The van der Waals surface area contributed by atoms with Crippen LogP contribution in [0.3, 0.4) is 0 Å². The van der Waals surface area contributed by atoms with E-state index < -0.39 is 0 Å².